The van der Waals surface area contributed by atoms with Crippen molar-refractivity contribution in [1.29, 1.82) is 0 Å². The Morgan fingerprint density at radius 3 is 2.00 bits per heavy atom. The van der Waals surface area contributed by atoms with Crippen LogP contribution in [0.1, 0.15) is 0 Å². The molecule has 0 heterocycles. The van der Waals surface area contributed by atoms with Crippen molar-refractivity contribution < 1.29 is 21.9 Å². The van der Waals surface area contributed by atoms with Crippen molar-refractivity contribution in [2.45, 2.75) is 0 Å². The van der Waals surface area contributed by atoms with E-state index in [4.69, 9.17) is 4.55 Å². The molecule has 0 fully saturated rings. The molecule has 0 unspecified atom stereocenters. The van der Waals surface area contributed by atoms with Gasteiger partial charge in [-0.05, 0) is 0 Å². The van der Waals surface area contributed by atoms with Gasteiger partial charge in [-0.15, -0.1) is 8.96 Å². The lowest BCUT2D eigenvalue weighted by atomic mass is 10.8. The summed E-state index contributed by atoms with van der Waals surface area (Å²) in [5.74, 6) is -0.944. The zero-order chi connectivity index (χ0) is 7.49. The fraction of sp³-hybridized carbons (Fsp3) is 1.00. The third kappa shape index (κ3) is 7.73. The predicted molar refractivity (Wildman–Crippen MR) is 25.3 cm³/mol. The molecule has 1 N–H and O–H groups in total. The Kier molecular flexibility index (Phi) is 2.95. The number of rotatable bonds is 3. The summed E-state index contributed by atoms with van der Waals surface area (Å²) >= 11 is 0. The van der Waals surface area contributed by atoms with Crippen molar-refractivity contribution >= 4 is 10.1 Å². The molecular weight excluding hydrogens is 156 g/mol. The second kappa shape index (κ2) is 3.04. The van der Waals surface area contributed by atoms with Crippen LogP contribution in [0.4, 0.5) is 8.96 Å². The van der Waals surface area contributed by atoms with Crippen LogP contribution < -0.4 is 0 Å². The molecular formula is C2H5F2NO3S. The summed E-state index contributed by atoms with van der Waals surface area (Å²) in [4.78, 5) is 0. The zero-order valence-corrected chi connectivity index (χ0v) is 5.11. The Labute approximate surface area is 50.7 Å². The maximum atomic E-state index is 11.0. The molecule has 0 saturated carbocycles. The van der Waals surface area contributed by atoms with Gasteiger partial charge in [0, 0.05) is 5.34 Å². The molecule has 9 heavy (non-hydrogen) atoms. The van der Waals surface area contributed by atoms with E-state index in [0.29, 0.717) is 0 Å². The van der Waals surface area contributed by atoms with Crippen LogP contribution >= 0.6 is 0 Å². The van der Waals surface area contributed by atoms with E-state index in [1.54, 1.807) is 0 Å². The van der Waals surface area contributed by atoms with Crippen LogP contribution in [0, 0.1) is 0 Å². The quantitative estimate of drug-likeness (QED) is 0.465. The molecule has 0 spiro atoms. The highest BCUT2D eigenvalue weighted by Gasteiger charge is 2.07. The first-order valence-electron chi connectivity index (χ1n) is 1.96. The van der Waals surface area contributed by atoms with Crippen LogP contribution in [0.15, 0.2) is 0 Å². The lowest BCUT2D eigenvalue weighted by molar-refractivity contribution is -0.147. The van der Waals surface area contributed by atoms with E-state index in [0.717, 1.165) is 0 Å². The summed E-state index contributed by atoms with van der Waals surface area (Å²) in [7, 11) is -4.24. The fourth-order valence-corrected chi connectivity index (χ4v) is 0.553. The molecule has 0 aromatic heterocycles. The number of hydrogen-bond acceptors (Lipinski definition) is 3. The van der Waals surface area contributed by atoms with Gasteiger partial charge in [0.1, 0.15) is 0 Å². The van der Waals surface area contributed by atoms with Crippen LogP contribution in [-0.4, -0.2) is 30.6 Å². The second-order valence-corrected chi connectivity index (χ2v) is 2.88. The molecule has 0 radical (unpaired) electrons. The molecule has 0 aromatic rings. The predicted octanol–water partition coefficient (Wildman–Crippen LogP) is -0.0548. The van der Waals surface area contributed by atoms with E-state index in [1.165, 1.54) is 0 Å². The summed E-state index contributed by atoms with van der Waals surface area (Å²) in [6, 6.07) is 0. The molecule has 0 bridgehead atoms. The first-order valence-corrected chi connectivity index (χ1v) is 3.57. The van der Waals surface area contributed by atoms with Crippen molar-refractivity contribution in [3.63, 3.8) is 0 Å². The summed E-state index contributed by atoms with van der Waals surface area (Å²) in [5.41, 5.74) is 0. The smallest absolute Gasteiger partial charge is 0.266 e. The Balaban J connectivity index is 3.53. The minimum atomic E-state index is -4.24. The van der Waals surface area contributed by atoms with Crippen molar-refractivity contribution in [3.05, 3.63) is 0 Å². The van der Waals surface area contributed by atoms with Crippen molar-refractivity contribution in [2.75, 3.05) is 12.3 Å². The largest absolute Gasteiger partial charge is 0.286 e. The highest BCUT2D eigenvalue weighted by molar-refractivity contribution is 7.85. The third-order valence-corrected chi connectivity index (χ3v) is 1.22. The third-order valence-electron chi connectivity index (χ3n) is 0.518. The molecule has 0 aromatic carbocycles. The van der Waals surface area contributed by atoms with Crippen LogP contribution in [-0.2, 0) is 10.1 Å². The van der Waals surface area contributed by atoms with Crippen LogP contribution in [0.5, 0.6) is 0 Å². The van der Waals surface area contributed by atoms with E-state index >= 15 is 0 Å². The van der Waals surface area contributed by atoms with Gasteiger partial charge in [0.2, 0.25) is 0 Å². The van der Waals surface area contributed by atoms with E-state index in [-0.39, 0.29) is 0 Å². The molecule has 56 valence electrons. The number of nitrogens with zero attached hydrogens (tertiary/aromatic N) is 1. The first kappa shape index (κ1) is 8.73. The summed E-state index contributed by atoms with van der Waals surface area (Å²) in [5, 5.41) is -1.31. The monoisotopic (exact) mass is 161 g/mol. The maximum Gasteiger partial charge on any atom is 0.266 e. The van der Waals surface area contributed by atoms with Gasteiger partial charge in [0.15, 0.2) is 0 Å². The molecule has 7 heteroatoms. The van der Waals surface area contributed by atoms with Crippen molar-refractivity contribution in [2.24, 2.45) is 0 Å². The molecule has 0 amide bonds. The van der Waals surface area contributed by atoms with Gasteiger partial charge in [-0.3, -0.25) is 4.55 Å². The van der Waals surface area contributed by atoms with E-state index < -0.39 is 27.8 Å². The van der Waals surface area contributed by atoms with Crippen LogP contribution in [0.3, 0.4) is 0 Å². The van der Waals surface area contributed by atoms with Crippen molar-refractivity contribution in [3.8, 4) is 0 Å². The molecule has 4 nitrogen and oxygen atoms in total. The van der Waals surface area contributed by atoms with Gasteiger partial charge in [-0.25, -0.2) is 0 Å². The van der Waals surface area contributed by atoms with Gasteiger partial charge in [-0.2, -0.15) is 8.42 Å². The molecule has 0 aliphatic heterocycles. The number of hydrogen-bond donors (Lipinski definition) is 1. The molecule has 0 aliphatic carbocycles. The zero-order valence-electron chi connectivity index (χ0n) is 4.29. The molecule has 0 rings (SSSR count). The highest BCUT2D eigenvalue weighted by Crippen LogP contribution is 1.90. The Morgan fingerprint density at radius 1 is 1.44 bits per heavy atom. The standard InChI is InChI=1S/C2H5F2NO3S/c3-5(4)1-2-9(6,7)8/h1-2H2,(H,6,7,8). The van der Waals surface area contributed by atoms with Gasteiger partial charge in [0.25, 0.3) is 10.1 Å². The second-order valence-electron chi connectivity index (χ2n) is 1.31. The van der Waals surface area contributed by atoms with E-state index in [1.807, 2.05) is 0 Å². The average molecular weight is 161 g/mol. The SMILES string of the molecule is O=S(=O)(O)CCN(F)F. The molecule has 0 saturated heterocycles. The Hall–Kier alpha value is -0.270. The van der Waals surface area contributed by atoms with Crippen LogP contribution in [0.25, 0.3) is 0 Å². The topological polar surface area (TPSA) is 57.6 Å². The molecule has 0 aliphatic rings. The first-order chi connectivity index (χ1) is 3.92. The fourth-order valence-electron chi connectivity index (χ4n) is 0.184. The minimum absolute atomic E-state index is 0.944. The maximum absolute atomic E-state index is 11.0. The average Bonchev–Trinajstić information content (AvgIpc) is 1.59. The summed E-state index contributed by atoms with van der Waals surface area (Å²) < 4.78 is 49.4. The van der Waals surface area contributed by atoms with Gasteiger partial charge >= 0.3 is 0 Å². The van der Waals surface area contributed by atoms with E-state index in [9.17, 15) is 17.4 Å². The molecule has 0 atom stereocenters. The highest BCUT2D eigenvalue weighted by atomic mass is 32.2. The lowest BCUT2D eigenvalue weighted by Gasteiger charge is -1.95. The van der Waals surface area contributed by atoms with Gasteiger partial charge in [-0.1, -0.05) is 0 Å². The number of halogens is 2. The lowest BCUT2D eigenvalue weighted by Crippen LogP contribution is -2.15. The Morgan fingerprint density at radius 2 is 1.89 bits per heavy atom. The Bertz CT molecular complexity index is 165. The minimum Gasteiger partial charge on any atom is -0.286 e. The summed E-state index contributed by atoms with van der Waals surface area (Å²) in [6.45, 7) is -0.973. The normalized spacial score (nSPS) is 12.4. The van der Waals surface area contributed by atoms with Crippen LogP contribution in [0.2, 0.25) is 0 Å². The van der Waals surface area contributed by atoms with Crippen molar-refractivity contribution in [1.82, 2.24) is 5.34 Å². The van der Waals surface area contributed by atoms with E-state index in [2.05, 4.69) is 0 Å². The summed E-state index contributed by atoms with van der Waals surface area (Å²) in [6.07, 6.45) is 0. The van der Waals surface area contributed by atoms with Gasteiger partial charge < -0.3 is 0 Å². The van der Waals surface area contributed by atoms with Gasteiger partial charge in [0.05, 0.1) is 12.3 Å².